The molecule has 4 unspecified atom stereocenters. The average Bonchev–Trinajstić information content (AvgIpc) is 3.52. The number of nitrogens with two attached hydrogens (primary N) is 1. The predicted octanol–water partition coefficient (Wildman–Crippen LogP) is 4.80. The lowest BCUT2D eigenvalue weighted by Gasteiger charge is -2.31. The van der Waals surface area contributed by atoms with E-state index in [0.717, 1.165) is 11.6 Å². The highest BCUT2D eigenvalue weighted by Gasteiger charge is 2.39. The van der Waals surface area contributed by atoms with Crippen LogP contribution in [0.5, 0.6) is 0 Å². The summed E-state index contributed by atoms with van der Waals surface area (Å²) >= 11 is -2.62. The first-order chi connectivity index (χ1) is 24.0. The van der Waals surface area contributed by atoms with Crippen LogP contribution in [-0.2, 0) is 30.8 Å². The summed E-state index contributed by atoms with van der Waals surface area (Å²) in [6, 6.07) is 4.39. The number of ether oxygens (including phenoxy) is 1. The van der Waals surface area contributed by atoms with Gasteiger partial charge in [0.2, 0.25) is 15.9 Å². The second kappa shape index (κ2) is 19.5. The highest BCUT2D eigenvalue weighted by atomic mass is 32.2. The minimum absolute atomic E-state index is 0.0357. The molecular formula is C35H48F3N4O7S2-. The highest BCUT2D eigenvalue weighted by Crippen LogP contribution is 2.32. The number of nitrogens with zero attached hydrogens (tertiary/aromatic N) is 1. The van der Waals surface area contributed by atoms with Crippen LogP contribution in [0.3, 0.4) is 0 Å². The average molecular weight is 758 g/mol. The van der Waals surface area contributed by atoms with Gasteiger partial charge in [0.25, 0.3) is 0 Å². The first kappa shape index (κ1) is 42.1. The number of amides is 1. The Labute approximate surface area is 301 Å². The molecule has 0 radical (unpaired) electrons. The number of anilines is 1. The molecule has 5 N–H and O–H groups in total. The van der Waals surface area contributed by atoms with E-state index in [0.29, 0.717) is 31.4 Å². The minimum Gasteiger partial charge on any atom is -0.760 e. The number of nitrogen functional groups attached to an aromatic ring is 1. The molecular weight excluding hydrogens is 710 g/mol. The molecule has 0 fully saturated rings. The third-order valence-corrected chi connectivity index (χ3v) is 10.7. The monoisotopic (exact) mass is 757 g/mol. The molecule has 51 heavy (non-hydrogen) atoms. The molecule has 0 aromatic heterocycles. The lowest BCUT2D eigenvalue weighted by molar-refractivity contribution is -0.132. The zero-order valence-corrected chi connectivity index (χ0v) is 30.6. The number of unbranched alkanes of at least 4 members (excludes halogenated alkanes) is 1. The largest absolute Gasteiger partial charge is 0.760 e. The Hall–Kier alpha value is -3.28. The van der Waals surface area contributed by atoms with Gasteiger partial charge in [-0.2, -0.15) is 17.5 Å². The van der Waals surface area contributed by atoms with Crippen LogP contribution in [0.15, 0.2) is 89.1 Å². The summed E-state index contributed by atoms with van der Waals surface area (Å²) in [5, 5.41) is 12.9. The number of carbonyl (C=O) groups is 1. The van der Waals surface area contributed by atoms with Crippen molar-refractivity contribution in [3.8, 4) is 0 Å². The van der Waals surface area contributed by atoms with Crippen molar-refractivity contribution in [2.75, 3.05) is 25.4 Å². The van der Waals surface area contributed by atoms with E-state index in [9.17, 15) is 40.3 Å². The predicted molar refractivity (Wildman–Crippen MR) is 190 cm³/mol. The minimum atomic E-state index is -4.30. The Kier molecular flexibility index (Phi) is 16.1. The van der Waals surface area contributed by atoms with Crippen molar-refractivity contribution in [1.82, 2.24) is 14.3 Å². The number of fused-ring (bicyclic) bond motifs is 1. The van der Waals surface area contributed by atoms with Gasteiger partial charge in [-0.05, 0) is 68.0 Å². The Morgan fingerprint density at radius 2 is 1.80 bits per heavy atom. The van der Waals surface area contributed by atoms with E-state index in [4.69, 9.17) is 5.73 Å². The number of aliphatic hydroxyl groups excluding tert-OH is 1. The smallest absolute Gasteiger partial charge is 0.448 e. The summed E-state index contributed by atoms with van der Waals surface area (Å²) in [7, 11) is -3.86. The maximum absolute atomic E-state index is 13.4. The molecule has 2 aliphatic carbocycles. The molecule has 0 saturated heterocycles. The van der Waals surface area contributed by atoms with Crippen molar-refractivity contribution in [3.05, 3.63) is 84.2 Å². The van der Waals surface area contributed by atoms with Crippen molar-refractivity contribution >= 4 is 32.9 Å². The summed E-state index contributed by atoms with van der Waals surface area (Å²) in [5.74, 6) is -0.803. The molecule has 3 aliphatic rings. The fourth-order valence-corrected chi connectivity index (χ4v) is 7.96. The maximum Gasteiger partial charge on any atom is 0.448 e. The summed E-state index contributed by atoms with van der Waals surface area (Å²) < 4.78 is 92.9. The normalized spacial score (nSPS) is 21.6. The number of allylic oxidation sites excluding steroid dienone is 8. The van der Waals surface area contributed by atoms with Gasteiger partial charge in [-0.1, -0.05) is 62.8 Å². The molecule has 1 aromatic rings. The van der Waals surface area contributed by atoms with Gasteiger partial charge in [0.15, 0.2) is 5.76 Å². The molecule has 0 bridgehead atoms. The quantitative estimate of drug-likeness (QED) is 0.106. The van der Waals surface area contributed by atoms with E-state index < -0.39 is 51.2 Å². The number of benzene rings is 1. The lowest BCUT2D eigenvalue weighted by Crippen LogP contribution is -2.45. The zero-order chi connectivity index (χ0) is 37.8. The van der Waals surface area contributed by atoms with Gasteiger partial charge in [0.05, 0.1) is 17.6 Å². The lowest BCUT2D eigenvalue weighted by atomic mass is 9.82. The SMILES string of the molecule is CC(C)CN([C@H](CO)CCCCNC(=O)[C@H](CC1=CC2C=CC=CC2C=C1)NS(=O)[O-])S(=O)(=O)c1ccc(N)cc1.CC1CC=C(C(F)(F)F)O1. The number of carbonyl (C=O) groups excluding carboxylic acids is 1. The van der Waals surface area contributed by atoms with Crippen molar-refractivity contribution in [2.45, 2.75) is 82.1 Å². The molecule has 1 heterocycles. The number of sulfonamides is 1. The number of aliphatic hydroxyl groups is 1. The number of halogens is 3. The van der Waals surface area contributed by atoms with E-state index in [1.807, 2.05) is 32.1 Å². The molecule has 0 saturated carbocycles. The number of rotatable bonds is 16. The van der Waals surface area contributed by atoms with E-state index in [-0.39, 0.29) is 54.9 Å². The number of hydrogen-bond donors (Lipinski definition) is 4. The zero-order valence-electron chi connectivity index (χ0n) is 28.9. The summed E-state index contributed by atoms with van der Waals surface area (Å²) in [5.41, 5.74) is 7.05. The van der Waals surface area contributed by atoms with Gasteiger partial charge in [-0.15, -0.1) is 0 Å². The van der Waals surface area contributed by atoms with E-state index in [2.05, 4.69) is 39.1 Å². The molecule has 1 aromatic carbocycles. The van der Waals surface area contributed by atoms with Crippen molar-refractivity contribution in [2.24, 2.45) is 17.8 Å². The highest BCUT2D eigenvalue weighted by molar-refractivity contribution is 7.89. The Bertz CT molecular complexity index is 1590. The van der Waals surface area contributed by atoms with Crippen LogP contribution < -0.4 is 15.8 Å². The second-order valence-corrected chi connectivity index (χ2v) is 15.6. The van der Waals surface area contributed by atoms with Gasteiger partial charge in [0, 0.05) is 54.3 Å². The van der Waals surface area contributed by atoms with Gasteiger partial charge in [0.1, 0.15) is 6.04 Å². The molecule has 11 nitrogen and oxygen atoms in total. The number of alkyl halides is 3. The Morgan fingerprint density at radius 1 is 1.14 bits per heavy atom. The van der Waals surface area contributed by atoms with E-state index >= 15 is 0 Å². The van der Waals surface area contributed by atoms with Crippen molar-refractivity contribution in [3.63, 3.8) is 0 Å². The fourth-order valence-electron chi connectivity index (χ4n) is 5.73. The number of nitrogens with one attached hydrogen (secondary N) is 2. The van der Waals surface area contributed by atoms with Gasteiger partial charge < -0.3 is 25.4 Å². The van der Waals surface area contributed by atoms with Crippen LogP contribution in [0.25, 0.3) is 0 Å². The first-order valence-electron chi connectivity index (χ1n) is 16.8. The molecule has 1 aliphatic heterocycles. The van der Waals surface area contributed by atoms with E-state index in [1.54, 1.807) is 6.92 Å². The van der Waals surface area contributed by atoms with Crippen LogP contribution in [0, 0.1) is 17.8 Å². The van der Waals surface area contributed by atoms with Gasteiger partial charge in [-0.3, -0.25) is 9.00 Å². The molecule has 16 heteroatoms. The third kappa shape index (κ3) is 13.3. The van der Waals surface area contributed by atoms with Crippen LogP contribution >= 0.6 is 0 Å². The summed E-state index contributed by atoms with van der Waals surface area (Å²) in [4.78, 5) is 13.0. The topological polar surface area (TPSA) is 174 Å². The maximum atomic E-state index is 13.4. The molecule has 0 spiro atoms. The molecule has 4 rings (SSSR count). The van der Waals surface area contributed by atoms with Gasteiger partial charge >= 0.3 is 6.18 Å². The van der Waals surface area contributed by atoms with Crippen LogP contribution in [0.2, 0.25) is 0 Å². The second-order valence-electron chi connectivity index (χ2n) is 13.0. The van der Waals surface area contributed by atoms with Crippen molar-refractivity contribution in [1.29, 1.82) is 0 Å². The molecule has 6 atom stereocenters. The van der Waals surface area contributed by atoms with E-state index in [1.165, 1.54) is 28.6 Å². The molecule has 284 valence electrons. The van der Waals surface area contributed by atoms with Gasteiger partial charge in [-0.25, -0.2) is 13.1 Å². The first-order valence-corrected chi connectivity index (χ1v) is 19.3. The molecule has 1 amide bonds. The summed E-state index contributed by atoms with van der Waals surface area (Å²) in [6.07, 6.45) is 12.7. The van der Waals surface area contributed by atoms with Crippen LogP contribution in [0.1, 0.15) is 52.9 Å². The fraction of sp³-hybridized carbons (Fsp3) is 0.514. The Morgan fingerprint density at radius 3 is 2.35 bits per heavy atom. The van der Waals surface area contributed by atoms with Crippen LogP contribution in [0.4, 0.5) is 18.9 Å². The van der Waals surface area contributed by atoms with Crippen LogP contribution in [-0.4, -0.2) is 76.6 Å². The summed E-state index contributed by atoms with van der Waals surface area (Å²) in [6.45, 7) is 5.61. The number of hydrogen-bond acceptors (Lipinski definition) is 8. The third-order valence-electron chi connectivity index (χ3n) is 8.31. The standard InChI is InChI=1S/C29H42N4O6S2.C6H7F3O/c1-21(2)19-33(41(38,39)27-14-12-25(30)13-15-27)26(20-34)9-5-6-16-31-29(35)28(32-40(36)37)18-22-10-11-23-7-3-4-8-24(23)17-22;1-4-2-3-5(10-4)6(7,8)9/h3-4,7-8,10-15,17,21,23-24,26,28,32,34H,5-6,9,16,18-20,30H2,1-2H3,(H,31,35)(H,36,37);3-4H,2H2,1H3/p-1/t23?,24?,26-,28-;/m0./s1. The van der Waals surface area contributed by atoms with Crippen molar-refractivity contribution < 1.29 is 45.0 Å². The Balaban J connectivity index is 0.000000602.